The number of carbonyl (C=O) groups excluding carboxylic acids is 1. The van der Waals surface area contributed by atoms with Crippen molar-refractivity contribution in [1.82, 2.24) is 4.90 Å². The number of unbranched alkanes of at least 4 members (excludes halogenated alkanes) is 5. The zero-order valence-corrected chi connectivity index (χ0v) is 12.1. The summed E-state index contributed by atoms with van der Waals surface area (Å²) in [6.07, 6.45) is 7.53. The number of hydrogen-bond acceptors (Lipinski definition) is 1. The summed E-state index contributed by atoms with van der Waals surface area (Å²) < 4.78 is 0. The molecule has 0 spiro atoms. The molecule has 0 aromatic carbocycles. The molecule has 0 saturated carbocycles. The third-order valence-corrected chi connectivity index (χ3v) is 3.13. The second-order valence-electron chi connectivity index (χ2n) is 5.08. The number of rotatable bonds is 9. The minimum absolute atomic E-state index is 0.122. The number of amides is 1. The zero-order chi connectivity index (χ0) is 13.3. The van der Waals surface area contributed by atoms with Gasteiger partial charge in [-0.05, 0) is 12.3 Å². The molecule has 17 heavy (non-hydrogen) atoms. The van der Waals surface area contributed by atoms with Gasteiger partial charge >= 0.3 is 0 Å². The Kier molecular flexibility index (Phi) is 8.83. The van der Waals surface area contributed by atoms with Crippen LogP contribution in [-0.2, 0) is 4.79 Å². The van der Waals surface area contributed by atoms with Gasteiger partial charge in [0.1, 0.15) is 0 Å². The third kappa shape index (κ3) is 7.19. The smallest absolute Gasteiger partial charge is 0.223 e. The van der Waals surface area contributed by atoms with Crippen LogP contribution in [0.1, 0.15) is 66.2 Å². The Morgan fingerprint density at radius 3 is 2.12 bits per heavy atom. The Hall–Kier alpha value is -0.790. The van der Waals surface area contributed by atoms with Crippen molar-refractivity contribution in [2.45, 2.75) is 66.2 Å². The van der Waals surface area contributed by atoms with Gasteiger partial charge < -0.3 is 4.90 Å². The van der Waals surface area contributed by atoms with Gasteiger partial charge in [0.05, 0.1) is 0 Å². The van der Waals surface area contributed by atoms with Crippen LogP contribution in [-0.4, -0.2) is 17.4 Å². The van der Waals surface area contributed by atoms with Crippen LogP contribution < -0.4 is 0 Å². The molecule has 0 N–H and O–H groups in total. The average molecular weight is 239 g/mol. The Morgan fingerprint density at radius 2 is 1.65 bits per heavy atom. The maximum atomic E-state index is 11.5. The summed E-state index contributed by atoms with van der Waals surface area (Å²) in [5.41, 5.74) is 0.950. The maximum Gasteiger partial charge on any atom is 0.223 e. The molecule has 0 aliphatic carbocycles. The number of allylic oxidation sites excluding steroid dienone is 1. The van der Waals surface area contributed by atoms with E-state index in [4.69, 9.17) is 0 Å². The molecule has 0 aliphatic rings. The molecule has 0 aromatic heterocycles. The lowest BCUT2D eigenvalue weighted by atomic mass is 10.1. The van der Waals surface area contributed by atoms with Gasteiger partial charge in [0.2, 0.25) is 5.91 Å². The second kappa shape index (κ2) is 9.26. The van der Waals surface area contributed by atoms with Crippen LogP contribution in [0, 0.1) is 5.92 Å². The lowest BCUT2D eigenvalue weighted by molar-refractivity contribution is -0.127. The Bertz CT molecular complexity index is 233. The topological polar surface area (TPSA) is 20.3 Å². The molecule has 0 aromatic rings. The minimum Gasteiger partial charge on any atom is -0.317 e. The van der Waals surface area contributed by atoms with Crippen LogP contribution in [0.15, 0.2) is 12.3 Å². The van der Waals surface area contributed by atoms with Crippen molar-refractivity contribution >= 4 is 5.91 Å². The molecule has 0 saturated heterocycles. The molecule has 1 amide bonds. The van der Waals surface area contributed by atoms with Crippen molar-refractivity contribution < 1.29 is 4.79 Å². The highest BCUT2D eigenvalue weighted by Gasteiger charge is 2.14. The summed E-state index contributed by atoms with van der Waals surface area (Å²) >= 11 is 0. The first-order valence-corrected chi connectivity index (χ1v) is 6.97. The van der Waals surface area contributed by atoms with Crippen molar-refractivity contribution in [2.75, 3.05) is 6.54 Å². The zero-order valence-electron chi connectivity index (χ0n) is 12.1. The van der Waals surface area contributed by atoms with E-state index in [2.05, 4.69) is 27.4 Å². The third-order valence-electron chi connectivity index (χ3n) is 3.13. The molecule has 0 fully saturated rings. The number of carbonyl (C=O) groups is 1. The first-order valence-electron chi connectivity index (χ1n) is 6.97. The van der Waals surface area contributed by atoms with E-state index >= 15 is 0 Å². The lowest BCUT2D eigenvalue weighted by Crippen LogP contribution is -2.30. The monoisotopic (exact) mass is 239 g/mol. The normalized spacial score (nSPS) is 10.6. The van der Waals surface area contributed by atoms with Gasteiger partial charge in [0.15, 0.2) is 0 Å². The predicted octanol–water partition coefficient (Wildman–Crippen LogP) is 4.37. The van der Waals surface area contributed by atoms with Crippen LogP contribution in [0.5, 0.6) is 0 Å². The molecule has 0 unspecified atom stereocenters. The van der Waals surface area contributed by atoms with Gasteiger partial charge in [-0.1, -0.05) is 59.5 Å². The highest BCUT2D eigenvalue weighted by atomic mass is 16.2. The maximum absolute atomic E-state index is 11.5. The molecule has 0 bridgehead atoms. The standard InChI is InChI=1S/C15H29NO/c1-6-7-8-9-10-11-12-16(15(5)17)14(4)13(2)3/h13H,4,6-12H2,1-3,5H3. The van der Waals surface area contributed by atoms with Crippen LogP contribution in [0.3, 0.4) is 0 Å². The van der Waals surface area contributed by atoms with Gasteiger partial charge in [-0.2, -0.15) is 0 Å². The van der Waals surface area contributed by atoms with E-state index in [9.17, 15) is 4.79 Å². The van der Waals surface area contributed by atoms with Crippen LogP contribution in [0.4, 0.5) is 0 Å². The molecule has 2 heteroatoms. The van der Waals surface area contributed by atoms with Gasteiger partial charge in [0.25, 0.3) is 0 Å². The van der Waals surface area contributed by atoms with Crippen LogP contribution in [0.25, 0.3) is 0 Å². The first kappa shape index (κ1) is 16.2. The van der Waals surface area contributed by atoms with Crippen molar-refractivity contribution in [3.63, 3.8) is 0 Å². The summed E-state index contributed by atoms with van der Waals surface area (Å²) in [6, 6.07) is 0. The Balaban J connectivity index is 3.87. The van der Waals surface area contributed by atoms with Gasteiger partial charge in [-0.15, -0.1) is 0 Å². The number of hydrogen-bond donors (Lipinski definition) is 0. The Morgan fingerprint density at radius 1 is 1.12 bits per heavy atom. The first-order chi connectivity index (χ1) is 8.00. The fraction of sp³-hybridized carbons (Fsp3) is 0.800. The molecule has 0 atom stereocenters. The summed E-state index contributed by atoms with van der Waals surface area (Å²) in [7, 11) is 0. The van der Waals surface area contributed by atoms with E-state index in [0.717, 1.165) is 18.7 Å². The highest BCUT2D eigenvalue weighted by Crippen LogP contribution is 2.15. The van der Waals surface area contributed by atoms with E-state index in [1.54, 1.807) is 6.92 Å². The number of nitrogens with zero attached hydrogens (tertiary/aromatic N) is 1. The fourth-order valence-corrected chi connectivity index (χ4v) is 1.87. The highest BCUT2D eigenvalue weighted by molar-refractivity contribution is 5.75. The molecule has 2 nitrogen and oxygen atoms in total. The van der Waals surface area contributed by atoms with Crippen LogP contribution in [0.2, 0.25) is 0 Å². The minimum atomic E-state index is 0.122. The molecule has 0 radical (unpaired) electrons. The van der Waals surface area contributed by atoms with Crippen LogP contribution >= 0.6 is 0 Å². The van der Waals surface area contributed by atoms with Gasteiger partial charge in [-0.25, -0.2) is 0 Å². The molecule has 100 valence electrons. The van der Waals surface area contributed by atoms with Gasteiger partial charge in [0, 0.05) is 19.2 Å². The van der Waals surface area contributed by atoms with E-state index in [1.165, 1.54) is 32.1 Å². The summed E-state index contributed by atoms with van der Waals surface area (Å²) in [4.78, 5) is 13.4. The largest absolute Gasteiger partial charge is 0.317 e. The summed E-state index contributed by atoms with van der Waals surface area (Å²) in [5, 5.41) is 0. The van der Waals surface area contributed by atoms with Crippen molar-refractivity contribution in [3.8, 4) is 0 Å². The molecule has 0 rings (SSSR count). The predicted molar refractivity (Wildman–Crippen MR) is 74.7 cm³/mol. The quantitative estimate of drug-likeness (QED) is 0.547. The van der Waals surface area contributed by atoms with Crippen molar-refractivity contribution in [3.05, 3.63) is 12.3 Å². The molecule has 0 aliphatic heterocycles. The van der Waals surface area contributed by atoms with E-state index in [-0.39, 0.29) is 5.91 Å². The van der Waals surface area contributed by atoms with Crippen molar-refractivity contribution in [2.24, 2.45) is 5.92 Å². The molecule has 0 heterocycles. The molecular weight excluding hydrogens is 210 g/mol. The average Bonchev–Trinajstić information content (AvgIpc) is 2.26. The van der Waals surface area contributed by atoms with Crippen molar-refractivity contribution in [1.29, 1.82) is 0 Å². The molecular formula is C15H29NO. The van der Waals surface area contributed by atoms with E-state index in [0.29, 0.717) is 5.92 Å². The fourth-order valence-electron chi connectivity index (χ4n) is 1.87. The Labute approximate surface area is 107 Å². The SMILES string of the molecule is C=C(C(C)C)N(CCCCCCCC)C(C)=O. The lowest BCUT2D eigenvalue weighted by Gasteiger charge is -2.25. The van der Waals surface area contributed by atoms with E-state index in [1.807, 2.05) is 4.90 Å². The summed E-state index contributed by atoms with van der Waals surface area (Å²) in [6.45, 7) is 12.9. The van der Waals surface area contributed by atoms with E-state index < -0.39 is 0 Å². The van der Waals surface area contributed by atoms with Gasteiger partial charge in [-0.3, -0.25) is 4.79 Å². The second-order valence-corrected chi connectivity index (χ2v) is 5.08. The summed E-state index contributed by atoms with van der Waals surface area (Å²) in [5.74, 6) is 0.469.